The lowest BCUT2D eigenvalue weighted by molar-refractivity contribution is 0.0891. The fourth-order valence-electron chi connectivity index (χ4n) is 2.80. The van der Waals surface area contributed by atoms with Crippen molar-refractivity contribution in [2.45, 2.75) is 25.1 Å². The molecule has 2 atom stereocenters. The number of benzene rings is 1. The Bertz CT molecular complexity index is 824. The Morgan fingerprint density at radius 2 is 2.12 bits per heavy atom. The summed E-state index contributed by atoms with van der Waals surface area (Å²) in [7, 11) is -1.53. The third-order valence-corrected chi connectivity index (χ3v) is 5.76. The Hall–Kier alpha value is -1.84. The number of aliphatic hydroxyl groups is 1. The number of halogens is 1. The van der Waals surface area contributed by atoms with Gasteiger partial charge in [0, 0.05) is 6.42 Å². The molecule has 0 aliphatic carbocycles. The van der Waals surface area contributed by atoms with Gasteiger partial charge in [-0.25, -0.2) is 12.8 Å². The first kappa shape index (κ1) is 17.0. The first-order chi connectivity index (χ1) is 11.3. The summed E-state index contributed by atoms with van der Waals surface area (Å²) in [5, 5.41) is 13.7. The van der Waals surface area contributed by atoms with E-state index in [-0.39, 0.29) is 30.3 Å². The lowest BCUT2D eigenvalue weighted by Crippen LogP contribution is -2.40. The van der Waals surface area contributed by atoms with Gasteiger partial charge in [-0.15, -0.1) is 0 Å². The van der Waals surface area contributed by atoms with Crippen LogP contribution in [0.5, 0.6) is 0 Å². The second-order valence-electron chi connectivity index (χ2n) is 6.00. The highest BCUT2D eigenvalue weighted by Crippen LogP contribution is 2.19. The fourth-order valence-corrected chi connectivity index (χ4v) is 4.68. The molecule has 0 radical (unpaired) electrons. The lowest BCUT2D eigenvalue weighted by Gasteiger charge is -2.23. The Morgan fingerprint density at radius 3 is 2.79 bits per heavy atom. The number of likely N-dealkylation sites (N-methyl/N-ethyl adjacent to an activating group) is 1. The summed E-state index contributed by atoms with van der Waals surface area (Å²) in [5.41, 5.74) is 0.468. The Balaban J connectivity index is 1.65. The van der Waals surface area contributed by atoms with E-state index in [1.807, 2.05) is 0 Å². The van der Waals surface area contributed by atoms with E-state index in [4.69, 9.17) is 4.52 Å². The molecule has 2 aromatic rings. The predicted molar refractivity (Wildman–Crippen MR) is 83.4 cm³/mol. The minimum atomic E-state index is -3.22. The van der Waals surface area contributed by atoms with Gasteiger partial charge in [0.15, 0.2) is 15.7 Å². The predicted octanol–water partition coefficient (Wildman–Crippen LogP) is 0.389. The van der Waals surface area contributed by atoms with Crippen LogP contribution in [0.25, 0.3) is 0 Å². The highest BCUT2D eigenvalue weighted by molar-refractivity contribution is 7.91. The molecule has 0 bridgehead atoms. The van der Waals surface area contributed by atoms with Crippen molar-refractivity contribution >= 4 is 9.84 Å². The molecule has 24 heavy (non-hydrogen) atoms. The van der Waals surface area contributed by atoms with Gasteiger partial charge in [-0.05, 0) is 18.7 Å². The molecule has 0 saturated carbocycles. The summed E-state index contributed by atoms with van der Waals surface area (Å²) in [6, 6.07) is 5.85. The molecular weight excluding hydrogens is 337 g/mol. The molecular formula is C15H18FN3O4S. The number of aliphatic hydroxyl groups excluding tert-OH is 1. The van der Waals surface area contributed by atoms with Crippen molar-refractivity contribution in [2.24, 2.45) is 0 Å². The van der Waals surface area contributed by atoms with Crippen LogP contribution in [-0.4, -0.2) is 59.3 Å². The van der Waals surface area contributed by atoms with Crippen LogP contribution in [-0.2, 0) is 22.8 Å². The van der Waals surface area contributed by atoms with E-state index in [0.717, 1.165) is 0 Å². The van der Waals surface area contributed by atoms with Crippen LogP contribution in [0, 0.1) is 5.82 Å². The molecule has 1 aromatic heterocycles. The molecule has 1 N–H and O–H groups in total. The normalized spacial score (nSPS) is 23.0. The maximum absolute atomic E-state index is 13.6. The second-order valence-corrected chi connectivity index (χ2v) is 8.15. The van der Waals surface area contributed by atoms with Crippen LogP contribution in [0.3, 0.4) is 0 Å². The maximum Gasteiger partial charge on any atom is 0.240 e. The van der Waals surface area contributed by atoms with E-state index >= 15 is 0 Å². The zero-order valence-electron chi connectivity index (χ0n) is 13.1. The quantitative estimate of drug-likeness (QED) is 0.829. The van der Waals surface area contributed by atoms with Crippen LogP contribution in [0.4, 0.5) is 4.39 Å². The monoisotopic (exact) mass is 355 g/mol. The largest absolute Gasteiger partial charge is 0.390 e. The second kappa shape index (κ2) is 6.58. The Labute approximate surface area is 139 Å². The van der Waals surface area contributed by atoms with Gasteiger partial charge in [-0.3, -0.25) is 4.90 Å². The third-order valence-electron chi connectivity index (χ3n) is 4.06. The fraction of sp³-hybridized carbons (Fsp3) is 0.467. The van der Waals surface area contributed by atoms with Crippen molar-refractivity contribution in [1.82, 2.24) is 15.0 Å². The highest BCUT2D eigenvalue weighted by Gasteiger charge is 2.39. The topological polar surface area (TPSA) is 96.5 Å². The summed E-state index contributed by atoms with van der Waals surface area (Å²) in [4.78, 5) is 5.88. The van der Waals surface area contributed by atoms with Crippen molar-refractivity contribution in [3.05, 3.63) is 47.4 Å². The van der Waals surface area contributed by atoms with Crippen molar-refractivity contribution in [1.29, 1.82) is 0 Å². The van der Waals surface area contributed by atoms with Crippen molar-refractivity contribution in [3.8, 4) is 0 Å². The summed E-state index contributed by atoms with van der Waals surface area (Å²) in [5.74, 6) is -0.0191. The van der Waals surface area contributed by atoms with Gasteiger partial charge in [-0.2, -0.15) is 4.98 Å². The van der Waals surface area contributed by atoms with E-state index < -0.39 is 22.0 Å². The van der Waals surface area contributed by atoms with Crippen LogP contribution in [0.1, 0.15) is 17.3 Å². The number of aromatic nitrogens is 2. The van der Waals surface area contributed by atoms with E-state index in [1.165, 1.54) is 6.07 Å². The zero-order valence-corrected chi connectivity index (χ0v) is 13.9. The molecule has 3 rings (SSSR count). The first-order valence-electron chi connectivity index (χ1n) is 7.47. The molecule has 0 amide bonds. The van der Waals surface area contributed by atoms with Crippen molar-refractivity contribution in [3.63, 3.8) is 0 Å². The van der Waals surface area contributed by atoms with Gasteiger partial charge in [0.1, 0.15) is 5.82 Å². The molecule has 1 saturated heterocycles. The molecule has 7 nitrogen and oxygen atoms in total. The van der Waals surface area contributed by atoms with Gasteiger partial charge >= 0.3 is 0 Å². The average Bonchev–Trinajstić information content (AvgIpc) is 3.05. The SMILES string of the molecule is CN(Cc1nc(Cc2ccccc2F)no1)[C@@H]1CS(=O)(=O)C[C@H]1O. The third kappa shape index (κ3) is 3.80. The highest BCUT2D eigenvalue weighted by atomic mass is 32.2. The van der Waals surface area contributed by atoms with Gasteiger partial charge in [0.25, 0.3) is 0 Å². The van der Waals surface area contributed by atoms with Crippen LogP contribution in [0.15, 0.2) is 28.8 Å². The molecule has 130 valence electrons. The summed E-state index contributed by atoms with van der Waals surface area (Å²) >= 11 is 0. The molecule has 0 unspecified atom stereocenters. The standard InChI is InChI=1S/C15H18FN3O4S/c1-19(12-8-24(21,22)9-13(12)20)7-15-17-14(18-23-15)6-10-4-2-3-5-11(10)16/h2-5,12-13,20H,6-9H2,1H3/t12-,13-/m1/s1. The number of hydrogen-bond donors (Lipinski definition) is 1. The van der Waals surface area contributed by atoms with Crippen LogP contribution < -0.4 is 0 Å². The molecule has 1 aliphatic rings. The molecule has 1 aromatic carbocycles. The smallest absolute Gasteiger partial charge is 0.240 e. The summed E-state index contributed by atoms with van der Waals surface area (Å²) < 4.78 is 41.9. The maximum atomic E-state index is 13.6. The molecule has 0 spiro atoms. The minimum absolute atomic E-state index is 0.0963. The number of rotatable bonds is 5. The van der Waals surface area contributed by atoms with Crippen LogP contribution >= 0.6 is 0 Å². The van der Waals surface area contributed by atoms with E-state index in [0.29, 0.717) is 17.3 Å². The average molecular weight is 355 g/mol. The molecule has 1 fully saturated rings. The van der Waals surface area contributed by atoms with Crippen LogP contribution in [0.2, 0.25) is 0 Å². The van der Waals surface area contributed by atoms with Gasteiger partial charge in [-0.1, -0.05) is 23.4 Å². The Kier molecular flexibility index (Phi) is 4.66. The van der Waals surface area contributed by atoms with Gasteiger partial charge in [0.2, 0.25) is 5.89 Å². The summed E-state index contributed by atoms with van der Waals surface area (Å²) in [6.45, 7) is 0.210. The lowest BCUT2D eigenvalue weighted by atomic mass is 10.1. The molecule has 9 heteroatoms. The Morgan fingerprint density at radius 1 is 1.38 bits per heavy atom. The van der Waals surface area contributed by atoms with E-state index in [9.17, 15) is 17.9 Å². The van der Waals surface area contributed by atoms with E-state index in [1.54, 1.807) is 30.1 Å². The molecule has 1 aliphatic heterocycles. The number of hydrogen-bond acceptors (Lipinski definition) is 7. The van der Waals surface area contributed by atoms with Crippen molar-refractivity contribution < 1.29 is 22.4 Å². The molecule has 2 heterocycles. The first-order valence-corrected chi connectivity index (χ1v) is 9.30. The number of sulfone groups is 1. The minimum Gasteiger partial charge on any atom is -0.390 e. The van der Waals surface area contributed by atoms with Gasteiger partial charge < -0.3 is 9.63 Å². The zero-order chi connectivity index (χ0) is 17.3. The van der Waals surface area contributed by atoms with Crippen molar-refractivity contribution in [2.75, 3.05) is 18.6 Å². The van der Waals surface area contributed by atoms with Gasteiger partial charge in [0.05, 0.1) is 30.2 Å². The number of nitrogens with zero attached hydrogens (tertiary/aromatic N) is 3. The van der Waals surface area contributed by atoms with E-state index in [2.05, 4.69) is 10.1 Å². The summed E-state index contributed by atoms with van der Waals surface area (Å²) in [6.07, 6.45) is -0.721.